The summed E-state index contributed by atoms with van der Waals surface area (Å²) in [6.45, 7) is 5.17. The first-order valence-corrected chi connectivity index (χ1v) is 9.63. The van der Waals surface area contributed by atoms with E-state index >= 15 is 0 Å². The molecule has 1 saturated heterocycles. The van der Waals surface area contributed by atoms with Crippen molar-refractivity contribution in [3.63, 3.8) is 0 Å². The standard InChI is InChI=1S/C17H24N4O2S/c22-8-2-5-18-16-15-12-3-1-4-13(12)24-17(15)20-14(19-16)11-21-6-9-23-10-7-21/h22H,1-11H2,(H,18,19,20). The smallest absolute Gasteiger partial charge is 0.146 e. The highest BCUT2D eigenvalue weighted by atomic mass is 32.1. The number of hydrogen-bond donors (Lipinski definition) is 2. The number of aromatic nitrogens is 2. The van der Waals surface area contributed by atoms with Gasteiger partial charge in [0.25, 0.3) is 0 Å². The van der Waals surface area contributed by atoms with Crippen molar-refractivity contribution in [2.45, 2.75) is 32.2 Å². The predicted octanol–water partition coefficient (Wildman–Crippen LogP) is 1.81. The van der Waals surface area contributed by atoms with E-state index in [1.807, 2.05) is 11.3 Å². The van der Waals surface area contributed by atoms with Gasteiger partial charge in [-0.1, -0.05) is 0 Å². The van der Waals surface area contributed by atoms with E-state index in [2.05, 4.69) is 10.2 Å². The third-order valence-corrected chi connectivity index (χ3v) is 5.89. The Balaban J connectivity index is 1.65. The Hall–Kier alpha value is -1.28. The molecule has 2 aliphatic rings. The van der Waals surface area contributed by atoms with Crippen LogP contribution in [0.3, 0.4) is 0 Å². The normalized spacial score (nSPS) is 18.2. The maximum absolute atomic E-state index is 9.05. The van der Waals surface area contributed by atoms with Gasteiger partial charge in [0.05, 0.1) is 25.1 Å². The molecule has 6 nitrogen and oxygen atoms in total. The second-order valence-electron chi connectivity index (χ2n) is 6.42. The van der Waals surface area contributed by atoms with Crippen LogP contribution < -0.4 is 5.32 Å². The van der Waals surface area contributed by atoms with Gasteiger partial charge >= 0.3 is 0 Å². The van der Waals surface area contributed by atoms with Gasteiger partial charge in [-0.15, -0.1) is 11.3 Å². The zero-order valence-corrected chi connectivity index (χ0v) is 14.7. The number of nitrogens with one attached hydrogen (secondary N) is 1. The molecule has 0 saturated carbocycles. The zero-order valence-electron chi connectivity index (χ0n) is 13.9. The summed E-state index contributed by atoms with van der Waals surface area (Å²) in [5, 5.41) is 13.7. The lowest BCUT2D eigenvalue weighted by Gasteiger charge is -2.25. The van der Waals surface area contributed by atoms with Gasteiger partial charge in [0, 0.05) is 31.1 Å². The largest absolute Gasteiger partial charge is 0.396 e. The Bertz CT molecular complexity index is 712. The molecule has 1 aliphatic carbocycles. The van der Waals surface area contributed by atoms with E-state index < -0.39 is 0 Å². The molecule has 0 amide bonds. The Kier molecular flexibility index (Phi) is 4.93. The van der Waals surface area contributed by atoms with Crippen LogP contribution in [-0.2, 0) is 24.1 Å². The molecule has 4 rings (SSSR count). The zero-order chi connectivity index (χ0) is 16.4. The van der Waals surface area contributed by atoms with E-state index in [-0.39, 0.29) is 6.61 Å². The van der Waals surface area contributed by atoms with Crippen LogP contribution in [0.25, 0.3) is 10.2 Å². The highest BCUT2D eigenvalue weighted by Gasteiger charge is 2.23. The van der Waals surface area contributed by atoms with Crippen molar-refractivity contribution in [3.8, 4) is 0 Å². The van der Waals surface area contributed by atoms with Crippen molar-refractivity contribution in [1.82, 2.24) is 14.9 Å². The molecule has 0 bridgehead atoms. The average Bonchev–Trinajstić information content (AvgIpc) is 3.16. The number of ether oxygens (including phenoxy) is 1. The summed E-state index contributed by atoms with van der Waals surface area (Å²) < 4.78 is 5.42. The monoisotopic (exact) mass is 348 g/mol. The molecule has 0 radical (unpaired) electrons. The maximum Gasteiger partial charge on any atom is 0.146 e. The Labute approximate surface area is 145 Å². The highest BCUT2D eigenvalue weighted by Crippen LogP contribution is 2.39. The van der Waals surface area contributed by atoms with Crippen LogP contribution in [0.2, 0.25) is 0 Å². The number of aliphatic hydroxyl groups excluding tert-OH is 1. The molecule has 7 heteroatoms. The van der Waals surface area contributed by atoms with Gasteiger partial charge in [-0.3, -0.25) is 4.90 Å². The number of fused-ring (bicyclic) bond motifs is 3. The topological polar surface area (TPSA) is 70.5 Å². The summed E-state index contributed by atoms with van der Waals surface area (Å²) >= 11 is 1.83. The van der Waals surface area contributed by atoms with Crippen molar-refractivity contribution >= 4 is 27.4 Å². The predicted molar refractivity (Wildman–Crippen MR) is 95.7 cm³/mol. The molecule has 0 unspecified atom stereocenters. The number of rotatable bonds is 6. The molecule has 1 fully saturated rings. The molecule has 2 aromatic heterocycles. The van der Waals surface area contributed by atoms with Gasteiger partial charge in [-0.25, -0.2) is 9.97 Å². The van der Waals surface area contributed by atoms with Gasteiger partial charge in [-0.05, 0) is 31.2 Å². The molecule has 3 heterocycles. The molecule has 130 valence electrons. The van der Waals surface area contributed by atoms with Crippen LogP contribution in [0.5, 0.6) is 0 Å². The minimum absolute atomic E-state index is 0.198. The van der Waals surface area contributed by atoms with Crippen LogP contribution in [0.1, 0.15) is 29.1 Å². The van der Waals surface area contributed by atoms with E-state index in [9.17, 15) is 0 Å². The first-order chi connectivity index (χ1) is 11.8. The molecule has 0 aromatic carbocycles. The first kappa shape index (κ1) is 16.2. The summed E-state index contributed by atoms with van der Waals surface area (Å²) in [6, 6.07) is 0. The summed E-state index contributed by atoms with van der Waals surface area (Å²) in [4.78, 5) is 14.6. The molecule has 0 atom stereocenters. The number of aryl methyl sites for hydroxylation is 2. The molecule has 1 aliphatic heterocycles. The first-order valence-electron chi connectivity index (χ1n) is 8.81. The number of anilines is 1. The summed E-state index contributed by atoms with van der Waals surface area (Å²) in [5.41, 5.74) is 1.44. The third-order valence-electron chi connectivity index (χ3n) is 4.71. The number of hydrogen-bond acceptors (Lipinski definition) is 7. The minimum Gasteiger partial charge on any atom is -0.396 e. The summed E-state index contributed by atoms with van der Waals surface area (Å²) in [5.74, 6) is 1.84. The number of nitrogens with zero attached hydrogens (tertiary/aromatic N) is 3. The minimum atomic E-state index is 0.198. The lowest BCUT2D eigenvalue weighted by molar-refractivity contribution is 0.0331. The van der Waals surface area contributed by atoms with E-state index in [1.54, 1.807) is 0 Å². The van der Waals surface area contributed by atoms with Crippen molar-refractivity contribution in [1.29, 1.82) is 0 Å². The van der Waals surface area contributed by atoms with Crippen LogP contribution in [0, 0.1) is 0 Å². The quantitative estimate of drug-likeness (QED) is 0.776. The van der Waals surface area contributed by atoms with Gasteiger partial charge in [0.1, 0.15) is 16.5 Å². The second kappa shape index (κ2) is 7.31. The highest BCUT2D eigenvalue weighted by molar-refractivity contribution is 7.19. The van der Waals surface area contributed by atoms with E-state index in [0.29, 0.717) is 0 Å². The third kappa shape index (κ3) is 3.26. The second-order valence-corrected chi connectivity index (χ2v) is 7.50. The fourth-order valence-corrected chi connectivity index (χ4v) is 4.76. The fraction of sp³-hybridized carbons (Fsp3) is 0.647. The Morgan fingerprint density at radius 2 is 2.08 bits per heavy atom. The fourth-order valence-electron chi connectivity index (χ4n) is 3.48. The summed E-state index contributed by atoms with van der Waals surface area (Å²) in [6.07, 6.45) is 4.28. The lowest BCUT2D eigenvalue weighted by atomic mass is 10.2. The van der Waals surface area contributed by atoms with Gasteiger partial charge in [0.2, 0.25) is 0 Å². The Morgan fingerprint density at radius 1 is 1.21 bits per heavy atom. The van der Waals surface area contributed by atoms with Gasteiger partial charge in [0.15, 0.2) is 0 Å². The average molecular weight is 348 g/mol. The molecule has 24 heavy (non-hydrogen) atoms. The van der Waals surface area contributed by atoms with Gasteiger partial charge < -0.3 is 15.2 Å². The molecule has 2 N–H and O–H groups in total. The van der Waals surface area contributed by atoms with Crippen molar-refractivity contribution < 1.29 is 9.84 Å². The Morgan fingerprint density at radius 3 is 2.92 bits per heavy atom. The summed E-state index contributed by atoms with van der Waals surface area (Å²) in [7, 11) is 0. The SMILES string of the molecule is OCCCNc1nc(CN2CCOCC2)nc2sc3c(c12)CCC3. The number of morpholine rings is 1. The number of aliphatic hydroxyl groups is 1. The van der Waals surface area contributed by atoms with Crippen LogP contribution in [0.4, 0.5) is 5.82 Å². The lowest BCUT2D eigenvalue weighted by Crippen LogP contribution is -2.36. The van der Waals surface area contributed by atoms with E-state index in [0.717, 1.165) is 68.7 Å². The van der Waals surface area contributed by atoms with E-state index in [1.165, 1.54) is 28.7 Å². The number of thiophene rings is 1. The van der Waals surface area contributed by atoms with Crippen molar-refractivity contribution in [2.24, 2.45) is 0 Å². The molecular formula is C17H24N4O2S. The van der Waals surface area contributed by atoms with Gasteiger partial charge in [-0.2, -0.15) is 0 Å². The van der Waals surface area contributed by atoms with Crippen molar-refractivity contribution in [3.05, 3.63) is 16.3 Å². The van der Waals surface area contributed by atoms with Crippen LogP contribution in [0.15, 0.2) is 0 Å². The molecule has 0 spiro atoms. The molecule has 2 aromatic rings. The molecular weight excluding hydrogens is 324 g/mol. The van der Waals surface area contributed by atoms with Crippen LogP contribution >= 0.6 is 11.3 Å². The van der Waals surface area contributed by atoms with E-state index in [4.69, 9.17) is 19.8 Å². The van der Waals surface area contributed by atoms with Crippen molar-refractivity contribution in [2.75, 3.05) is 44.8 Å². The van der Waals surface area contributed by atoms with Crippen LogP contribution in [-0.4, -0.2) is 59.4 Å². The maximum atomic E-state index is 9.05.